The molecular formula is C10H23N3. The molecule has 0 atom stereocenters. The van der Waals surface area contributed by atoms with Crippen LogP contribution >= 0.6 is 0 Å². The van der Waals surface area contributed by atoms with Crippen molar-refractivity contribution in [1.29, 1.82) is 0 Å². The number of hydrogen-bond acceptors (Lipinski definition) is 3. The summed E-state index contributed by atoms with van der Waals surface area (Å²) in [5.41, 5.74) is 0. The molecule has 0 aromatic carbocycles. The lowest BCUT2D eigenvalue weighted by Gasteiger charge is -2.24. The Morgan fingerprint density at radius 1 is 1.38 bits per heavy atom. The standard InChI is InChI=1S/C10H23N3/c1-3-13(2)9-8-12-10-4-6-11-7-5-10/h10-12H,3-9H2,1-2H3. The SMILES string of the molecule is CCN(C)CCNC1CCNCC1. The molecule has 0 unspecified atom stereocenters. The fraction of sp³-hybridized carbons (Fsp3) is 1.00. The monoisotopic (exact) mass is 185 g/mol. The van der Waals surface area contributed by atoms with Crippen molar-refractivity contribution in [2.75, 3.05) is 39.8 Å². The molecule has 13 heavy (non-hydrogen) atoms. The minimum absolute atomic E-state index is 0.756. The maximum Gasteiger partial charge on any atom is 0.0104 e. The van der Waals surface area contributed by atoms with Crippen LogP contribution in [-0.2, 0) is 0 Å². The maximum atomic E-state index is 3.61. The minimum Gasteiger partial charge on any atom is -0.317 e. The Kier molecular flexibility index (Phi) is 5.35. The highest BCUT2D eigenvalue weighted by atomic mass is 15.1. The molecule has 1 heterocycles. The first-order valence-electron chi connectivity index (χ1n) is 5.45. The van der Waals surface area contributed by atoms with Gasteiger partial charge in [-0.25, -0.2) is 0 Å². The Hall–Kier alpha value is -0.120. The molecule has 1 rings (SSSR count). The first-order valence-corrected chi connectivity index (χ1v) is 5.45. The summed E-state index contributed by atoms with van der Waals surface area (Å²) < 4.78 is 0. The fourth-order valence-electron chi connectivity index (χ4n) is 1.64. The predicted molar refractivity (Wildman–Crippen MR) is 57.1 cm³/mol. The van der Waals surface area contributed by atoms with Crippen LogP contribution < -0.4 is 10.6 Å². The number of nitrogens with one attached hydrogen (secondary N) is 2. The number of hydrogen-bond donors (Lipinski definition) is 2. The van der Waals surface area contributed by atoms with E-state index in [1.165, 1.54) is 32.5 Å². The van der Waals surface area contributed by atoms with E-state index in [1.807, 2.05) is 0 Å². The zero-order chi connectivity index (χ0) is 9.52. The second-order valence-corrected chi connectivity index (χ2v) is 3.87. The molecule has 1 aliphatic rings. The van der Waals surface area contributed by atoms with Crippen molar-refractivity contribution in [1.82, 2.24) is 15.5 Å². The zero-order valence-corrected chi connectivity index (χ0v) is 8.97. The highest BCUT2D eigenvalue weighted by molar-refractivity contribution is 4.74. The Labute approximate surface area is 81.9 Å². The molecule has 0 radical (unpaired) electrons. The highest BCUT2D eigenvalue weighted by Gasteiger charge is 2.11. The molecule has 0 aliphatic carbocycles. The topological polar surface area (TPSA) is 27.3 Å². The van der Waals surface area contributed by atoms with E-state index in [-0.39, 0.29) is 0 Å². The second-order valence-electron chi connectivity index (χ2n) is 3.87. The Bertz CT molecular complexity index is 121. The van der Waals surface area contributed by atoms with E-state index in [0.717, 1.165) is 19.1 Å². The van der Waals surface area contributed by atoms with E-state index in [4.69, 9.17) is 0 Å². The molecule has 2 N–H and O–H groups in total. The molecule has 1 fully saturated rings. The first kappa shape index (κ1) is 11.0. The van der Waals surface area contributed by atoms with E-state index in [0.29, 0.717) is 0 Å². The lowest BCUT2D eigenvalue weighted by atomic mass is 10.1. The van der Waals surface area contributed by atoms with Crippen LogP contribution in [0.2, 0.25) is 0 Å². The summed E-state index contributed by atoms with van der Waals surface area (Å²) in [6, 6.07) is 0.756. The fourth-order valence-corrected chi connectivity index (χ4v) is 1.64. The summed E-state index contributed by atoms with van der Waals surface area (Å²) in [7, 11) is 2.17. The van der Waals surface area contributed by atoms with E-state index >= 15 is 0 Å². The summed E-state index contributed by atoms with van der Waals surface area (Å²) in [6.45, 7) is 8.01. The van der Waals surface area contributed by atoms with E-state index in [9.17, 15) is 0 Å². The number of likely N-dealkylation sites (N-methyl/N-ethyl adjacent to an activating group) is 1. The van der Waals surface area contributed by atoms with Gasteiger partial charge in [-0.1, -0.05) is 6.92 Å². The van der Waals surface area contributed by atoms with Crippen molar-refractivity contribution in [2.45, 2.75) is 25.8 Å². The van der Waals surface area contributed by atoms with E-state index < -0.39 is 0 Å². The van der Waals surface area contributed by atoms with Gasteiger partial charge in [0.1, 0.15) is 0 Å². The molecule has 0 aromatic rings. The number of nitrogens with zero attached hydrogens (tertiary/aromatic N) is 1. The highest BCUT2D eigenvalue weighted by Crippen LogP contribution is 2.00. The smallest absolute Gasteiger partial charge is 0.0104 e. The third kappa shape index (κ3) is 4.60. The van der Waals surface area contributed by atoms with Gasteiger partial charge in [-0.15, -0.1) is 0 Å². The number of rotatable bonds is 5. The molecule has 3 nitrogen and oxygen atoms in total. The first-order chi connectivity index (χ1) is 6.33. The van der Waals surface area contributed by atoms with Crippen molar-refractivity contribution in [2.24, 2.45) is 0 Å². The zero-order valence-electron chi connectivity index (χ0n) is 8.97. The average molecular weight is 185 g/mol. The summed E-state index contributed by atoms with van der Waals surface area (Å²) in [5.74, 6) is 0. The normalized spacial score (nSPS) is 19.6. The van der Waals surface area contributed by atoms with Gasteiger partial charge < -0.3 is 15.5 Å². The van der Waals surface area contributed by atoms with Crippen LogP contribution in [0.15, 0.2) is 0 Å². The van der Waals surface area contributed by atoms with Gasteiger partial charge in [0.05, 0.1) is 0 Å². The van der Waals surface area contributed by atoms with Gasteiger partial charge in [0.15, 0.2) is 0 Å². The van der Waals surface area contributed by atoms with Crippen LogP contribution in [0.4, 0.5) is 0 Å². The van der Waals surface area contributed by atoms with Gasteiger partial charge in [0.2, 0.25) is 0 Å². The quantitative estimate of drug-likeness (QED) is 0.644. The van der Waals surface area contributed by atoms with Gasteiger partial charge in [0.25, 0.3) is 0 Å². The van der Waals surface area contributed by atoms with Gasteiger partial charge in [-0.2, -0.15) is 0 Å². The summed E-state index contributed by atoms with van der Waals surface area (Å²) in [6.07, 6.45) is 2.58. The largest absolute Gasteiger partial charge is 0.317 e. The minimum atomic E-state index is 0.756. The lowest BCUT2D eigenvalue weighted by molar-refractivity contribution is 0.321. The molecule has 3 heteroatoms. The van der Waals surface area contributed by atoms with Crippen LogP contribution in [0, 0.1) is 0 Å². The average Bonchev–Trinajstić information content (AvgIpc) is 2.19. The van der Waals surface area contributed by atoms with Crippen LogP contribution in [0.3, 0.4) is 0 Å². The molecule has 78 valence electrons. The number of piperidine rings is 1. The Morgan fingerprint density at radius 3 is 2.69 bits per heavy atom. The van der Waals surface area contributed by atoms with Gasteiger partial charge >= 0.3 is 0 Å². The van der Waals surface area contributed by atoms with Crippen molar-refractivity contribution >= 4 is 0 Å². The van der Waals surface area contributed by atoms with Gasteiger partial charge in [-0.3, -0.25) is 0 Å². The molecule has 0 bridgehead atoms. The van der Waals surface area contributed by atoms with Crippen molar-refractivity contribution in [3.05, 3.63) is 0 Å². The second kappa shape index (κ2) is 6.35. The van der Waals surface area contributed by atoms with Crippen LogP contribution in [-0.4, -0.2) is 50.7 Å². The lowest BCUT2D eigenvalue weighted by Crippen LogP contribution is -2.42. The molecule has 0 saturated carbocycles. The van der Waals surface area contributed by atoms with E-state index in [1.54, 1.807) is 0 Å². The molecule has 0 amide bonds. The third-order valence-corrected chi connectivity index (χ3v) is 2.81. The van der Waals surface area contributed by atoms with Crippen LogP contribution in [0.5, 0.6) is 0 Å². The van der Waals surface area contributed by atoms with Gasteiger partial charge in [0, 0.05) is 19.1 Å². The summed E-state index contributed by atoms with van der Waals surface area (Å²) in [4.78, 5) is 2.34. The molecule has 1 aliphatic heterocycles. The third-order valence-electron chi connectivity index (χ3n) is 2.81. The van der Waals surface area contributed by atoms with Crippen molar-refractivity contribution in [3.8, 4) is 0 Å². The molecule has 1 saturated heterocycles. The maximum absolute atomic E-state index is 3.61. The van der Waals surface area contributed by atoms with Crippen molar-refractivity contribution < 1.29 is 0 Å². The van der Waals surface area contributed by atoms with Crippen molar-refractivity contribution in [3.63, 3.8) is 0 Å². The summed E-state index contributed by atoms with van der Waals surface area (Å²) >= 11 is 0. The van der Waals surface area contributed by atoms with Crippen LogP contribution in [0.1, 0.15) is 19.8 Å². The molecule has 0 aromatic heterocycles. The molecule has 0 spiro atoms. The summed E-state index contributed by atoms with van der Waals surface area (Å²) in [5, 5.41) is 6.98. The van der Waals surface area contributed by atoms with Crippen LogP contribution in [0.25, 0.3) is 0 Å². The molecular weight excluding hydrogens is 162 g/mol. The predicted octanol–water partition coefficient (Wildman–Crippen LogP) is 0.280. The Balaban J connectivity index is 1.98. The Morgan fingerprint density at radius 2 is 2.08 bits per heavy atom. The van der Waals surface area contributed by atoms with Gasteiger partial charge in [-0.05, 0) is 39.5 Å². The van der Waals surface area contributed by atoms with E-state index in [2.05, 4.69) is 29.5 Å².